The highest BCUT2D eigenvalue weighted by molar-refractivity contribution is 5.39. The van der Waals surface area contributed by atoms with Gasteiger partial charge in [0.2, 0.25) is 0 Å². The monoisotopic (exact) mass is 474 g/mol. The standard InChI is InChI=1S/C32H58O2/c1-3-5-7-9-15-21-29-27-31(23-17-11-13-19-25-33)32(24-18-12-14-20-26-34)28-30(29)22-16-10-8-6-4-2/h27-28,33-34H,3-26H2,1-2H3. The lowest BCUT2D eigenvalue weighted by atomic mass is 9.88. The van der Waals surface area contributed by atoms with Crippen molar-refractivity contribution >= 4 is 0 Å². The zero-order chi connectivity index (χ0) is 24.7. The van der Waals surface area contributed by atoms with E-state index in [9.17, 15) is 0 Å². The molecule has 1 aromatic rings. The zero-order valence-electron chi connectivity index (χ0n) is 23.0. The van der Waals surface area contributed by atoms with Crippen molar-refractivity contribution in [3.05, 3.63) is 34.4 Å². The van der Waals surface area contributed by atoms with Crippen LogP contribution in [-0.2, 0) is 25.7 Å². The van der Waals surface area contributed by atoms with Gasteiger partial charge in [-0.25, -0.2) is 0 Å². The Morgan fingerprint density at radius 1 is 0.382 bits per heavy atom. The molecule has 0 unspecified atom stereocenters. The van der Waals surface area contributed by atoms with Crippen LogP contribution in [0.3, 0.4) is 0 Å². The molecule has 0 bridgehead atoms. The number of unbranched alkanes of at least 4 members (excludes halogenated alkanes) is 14. The van der Waals surface area contributed by atoms with Crippen molar-refractivity contribution in [3.8, 4) is 0 Å². The van der Waals surface area contributed by atoms with E-state index in [1.54, 1.807) is 22.3 Å². The number of hydrogen-bond acceptors (Lipinski definition) is 2. The van der Waals surface area contributed by atoms with Gasteiger partial charge in [-0.1, -0.05) is 103 Å². The summed E-state index contributed by atoms with van der Waals surface area (Å²) < 4.78 is 0. The predicted octanol–water partition coefficient (Wildman–Crippen LogP) is 8.90. The van der Waals surface area contributed by atoms with Gasteiger partial charge >= 0.3 is 0 Å². The molecule has 2 nitrogen and oxygen atoms in total. The van der Waals surface area contributed by atoms with Crippen LogP contribution in [0, 0.1) is 0 Å². The first-order valence-electron chi connectivity index (χ1n) is 15.1. The molecule has 2 N–H and O–H groups in total. The van der Waals surface area contributed by atoms with Gasteiger partial charge in [-0.05, 0) is 86.5 Å². The van der Waals surface area contributed by atoms with Crippen molar-refractivity contribution < 1.29 is 10.2 Å². The van der Waals surface area contributed by atoms with Gasteiger partial charge < -0.3 is 10.2 Å². The van der Waals surface area contributed by atoms with Crippen molar-refractivity contribution in [2.24, 2.45) is 0 Å². The van der Waals surface area contributed by atoms with Crippen LogP contribution in [0.1, 0.15) is 152 Å². The van der Waals surface area contributed by atoms with Crippen molar-refractivity contribution in [2.45, 2.75) is 155 Å². The topological polar surface area (TPSA) is 40.5 Å². The van der Waals surface area contributed by atoms with Gasteiger partial charge in [0, 0.05) is 13.2 Å². The van der Waals surface area contributed by atoms with Gasteiger partial charge in [-0.15, -0.1) is 0 Å². The molecule has 0 atom stereocenters. The number of benzene rings is 1. The molecule has 2 heteroatoms. The Labute approximate surface area is 213 Å². The summed E-state index contributed by atoms with van der Waals surface area (Å²) in [4.78, 5) is 0. The van der Waals surface area contributed by atoms with Gasteiger partial charge in [0.15, 0.2) is 0 Å². The number of aryl methyl sites for hydroxylation is 4. The third-order valence-electron chi connectivity index (χ3n) is 7.33. The van der Waals surface area contributed by atoms with E-state index in [2.05, 4.69) is 26.0 Å². The van der Waals surface area contributed by atoms with E-state index >= 15 is 0 Å². The van der Waals surface area contributed by atoms with E-state index in [1.165, 1.54) is 116 Å². The second-order valence-corrected chi connectivity index (χ2v) is 10.5. The molecule has 0 aliphatic carbocycles. The summed E-state index contributed by atoms with van der Waals surface area (Å²) in [7, 11) is 0. The highest BCUT2D eigenvalue weighted by atomic mass is 16.3. The van der Waals surface area contributed by atoms with Gasteiger partial charge in [0.05, 0.1) is 0 Å². The fourth-order valence-corrected chi connectivity index (χ4v) is 5.12. The number of hydrogen-bond donors (Lipinski definition) is 2. The Hall–Kier alpha value is -0.860. The lowest BCUT2D eigenvalue weighted by molar-refractivity contribution is 0.282. The maximum Gasteiger partial charge on any atom is 0.0431 e. The van der Waals surface area contributed by atoms with Crippen molar-refractivity contribution in [3.63, 3.8) is 0 Å². The molecular weight excluding hydrogens is 416 g/mol. The van der Waals surface area contributed by atoms with Crippen molar-refractivity contribution in [1.82, 2.24) is 0 Å². The van der Waals surface area contributed by atoms with Crippen molar-refractivity contribution in [2.75, 3.05) is 13.2 Å². The molecule has 0 aromatic heterocycles. The largest absolute Gasteiger partial charge is 0.396 e. The normalized spacial score (nSPS) is 11.4. The van der Waals surface area contributed by atoms with Crippen LogP contribution in [-0.4, -0.2) is 23.4 Å². The molecule has 0 radical (unpaired) electrons. The first kappa shape index (κ1) is 31.2. The Kier molecular flexibility index (Phi) is 20.7. The Morgan fingerprint density at radius 3 is 0.912 bits per heavy atom. The molecule has 0 spiro atoms. The summed E-state index contributed by atoms with van der Waals surface area (Å²) in [6, 6.07) is 5.21. The fourth-order valence-electron chi connectivity index (χ4n) is 5.12. The second kappa shape index (κ2) is 22.6. The summed E-state index contributed by atoms with van der Waals surface area (Å²) in [6.07, 6.45) is 27.5. The lowest BCUT2D eigenvalue weighted by Gasteiger charge is -2.18. The molecule has 0 aliphatic heterocycles. The van der Waals surface area contributed by atoms with Crippen molar-refractivity contribution in [1.29, 1.82) is 0 Å². The molecule has 0 saturated heterocycles. The average Bonchev–Trinajstić information content (AvgIpc) is 2.84. The summed E-state index contributed by atoms with van der Waals surface area (Å²) in [5.41, 5.74) is 6.48. The van der Waals surface area contributed by atoms with Gasteiger partial charge in [0.1, 0.15) is 0 Å². The second-order valence-electron chi connectivity index (χ2n) is 10.5. The van der Waals surface area contributed by atoms with Crippen LogP contribution in [0.4, 0.5) is 0 Å². The molecule has 34 heavy (non-hydrogen) atoms. The Morgan fingerprint density at radius 2 is 0.647 bits per heavy atom. The third kappa shape index (κ3) is 15.2. The molecule has 0 saturated carbocycles. The molecule has 0 fully saturated rings. The summed E-state index contributed by atoms with van der Waals surface area (Å²) in [6.45, 7) is 5.25. The third-order valence-corrected chi connectivity index (χ3v) is 7.33. The van der Waals surface area contributed by atoms with Gasteiger partial charge in [0.25, 0.3) is 0 Å². The van der Waals surface area contributed by atoms with Crippen LogP contribution in [0.25, 0.3) is 0 Å². The molecule has 0 aliphatic rings. The van der Waals surface area contributed by atoms with Crippen LogP contribution < -0.4 is 0 Å². The highest BCUT2D eigenvalue weighted by Gasteiger charge is 2.11. The minimum atomic E-state index is 0.328. The summed E-state index contributed by atoms with van der Waals surface area (Å²) in [5, 5.41) is 18.2. The molecule has 1 rings (SSSR count). The Balaban J connectivity index is 2.89. The number of aliphatic hydroxyl groups excluding tert-OH is 2. The SMILES string of the molecule is CCCCCCCc1cc(CCCCCCO)c(CCCCCCO)cc1CCCCCCC. The summed E-state index contributed by atoms with van der Waals surface area (Å²) >= 11 is 0. The van der Waals surface area contributed by atoms with Crippen LogP contribution in [0.2, 0.25) is 0 Å². The van der Waals surface area contributed by atoms with Crippen LogP contribution in [0.15, 0.2) is 12.1 Å². The first-order valence-corrected chi connectivity index (χ1v) is 15.1. The first-order chi connectivity index (χ1) is 16.8. The van der Waals surface area contributed by atoms with E-state index in [1.807, 2.05) is 0 Å². The molecule has 0 amide bonds. The van der Waals surface area contributed by atoms with Gasteiger partial charge in [-0.3, -0.25) is 0 Å². The predicted molar refractivity (Wildman–Crippen MR) is 150 cm³/mol. The maximum absolute atomic E-state index is 9.09. The van der Waals surface area contributed by atoms with Gasteiger partial charge in [-0.2, -0.15) is 0 Å². The minimum Gasteiger partial charge on any atom is -0.396 e. The average molecular weight is 475 g/mol. The molecule has 0 heterocycles. The zero-order valence-corrected chi connectivity index (χ0v) is 23.0. The van der Waals surface area contributed by atoms with E-state index in [0.29, 0.717) is 13.2 Å². The van der Waals surface area contributed by atoms with E-state index in [0.717, 1.165) is 25.7 Å². The quantitative estimate of drug-likeness (QED) is 0.147. The highest BCUT2D eigenvalue weighted by Crippen LogP contribution is 2.25. The van der Waals surface area contributed by atoms with Crippen LogP contribution >= 0.6 is 0 Å². The lowest BCUT2D eigenvalue weighted by Crippen LogP contribution is -2.04. The molecule has 198 valence electrons. The minimum absolute atomic E-state index is 0.328. The maximum atomic E-state index is 9.09. The Bertz CT molecular complexity index is 482. The molecule has 1 aromatic carbocycles. The number of rotatable bonds is 24. The molecular formula is C32H58O2. The number of aliphatic hydroxyl groups is 2. The summed E-state index contributed by atoms with van der Waals surface area (Å²) in [5.74, 6) is 0. The fraction of sp³-hybridized carbons (Fsp3) is 0.812. The van der Waals surface area contributed by atoms with E-state index in [-0.39, 0.29) is 0 Å². The smallest absolute Gasteiger partial charge is 0.0431 e. The van der Waals surface area contributed by atoms with E-state index in [4.69, 9.17) is 10.2 Å². The van der Waals surface area contributed by atoms with Crippen LogP contribution in [0.5, 0.6) is 0 Å². The van der Waals surface area contributed by atoms with E-state index < -0.39 is 0 Å².